The van der Waals surface area contributed by atoms with Gasteiger partial charge in [-0.2, -0.15) is 4.40 Å². The number of pyridine rings is 1. The highest BCUT2D eigenvalue weighted by Crippen LogP contribution is 2.30. The van der Waals surface area contributed by atoms with E-state index >= 15 is 0 Å². The van der Waals surface area contributed by atoms with E-state index in [0.29, 0.717) is 0 Å². The molecular weight excluding hydrogens is 330 g/mol. The minimum absolute atomic E-state index is 1.18. The topological polar surface area (TPSA) is 11.5 Å². The molecule has 136 valence electrons. The van der Waals surface area contributed by atoms with Gasteiger partial charge >= 0.3 is 0 Å². The predicted molar refractivity (Wildman–Crippen MR) is 113 cm³/mol. The highest BCUT2D eigenvalue weighted by molar-refractivity contribution is 5.77. The van der Waals surface area contributed by atoms with Crippen molar-refractivity contribution in [2.24, 2.45) is 0 Å². The molecule has 2 aromatic carbocycles. The Morgan fingerprint density at radius 1 is 0.852 bits per heavy atom. The minimum atomic E-state index is 1.18. The molecule has 0 unspecified atom stereocenters. The van der Waals surface area contributed by atoms with Crippen LogP contribution in [0.1, 0.15) is 16.7 Å². The SMILES string of the molecule is Cc1cc(C)c(-[n+]2cc3cccc(-c4ccccc4N(C)C)n3c2)c(C)c1. The van der Waals surface area contributed by atoms with Gasteiger partial charge < -0.3 is 4.90 Å². The Labute approximate surface area is 161 Å². The molecule has 0 aliphatic carbocycles. The van der Waals surface area contributed by atoms with Crippen LogP contribution in [0.5, 0.6) is 0 Å². The fourth-order valence-electron chi connectivity index (χ4n) is 4.07. The Morgan fingerprint density at radius 3 is 2.26 bits per heavy atom. The van der Waals surface area contributed by atoms with Crippen LogP contribution in [0.25, 0.3) is 22.5 Å². The number of para-hydroxylation sites is 1. The van der Waals surface area contributed by atoms with Crippen LogP contribution in [0.4, 0.5) is 5.69 Å². The average molecular weight is 356 g/mol. The van der Waals surface area contributed by atoms with Gasteiger partial charge in [-0.3, -0.25) is 0 Å². The van der Waals surface area contributed by atoms with Crippen LogP contribution in [0.15, 0.2) is 67.1 Å². The number of nitrogens with zero attached hydrogens (tertiary/aromatic N) is 3. The lowest BCUT2D eigenvalue weighted by Crippen LogP contribution is -2.29. The number of hydrogen-bond donors (Lipinski definition) is 0. The minimum Gasteiger partial charge on any atom is -0.377 e. The second-order valence-electron chi connectivity index (χ2n) is 7.52. The molecule has 0 radical (unpaired) electrons. The first-order valence-electron chi connectivity index (χ1n) is 9.33. The van der Waals surface area contributed by atoms with Crippen LogP contribution in [0.3, 0.4) is 0 Å². The predicted octanol–water partition coefficient (Wildman–Crippen LogP) is 4.87. The maximum Gasteiger partial charge on any atom is 0.254 e. The molecule has 0 aliphatic rings. The zero-order valence-electron chi connectivity index (χ0n) is 16.7. The first kappa shape index (κ1) is 17.3. The van der Waals surface area contributed by atoms with Crippen LogP contribution in [-0.2, 0) is 0 Å². The monoisotopic (exact) mass is 356 g/mol. The number of aryl methyl sites for hydroxylation is 3. The normalized spacial score (nSPS) is 11.1. The summed E-state index contributed by atoms with van der Waals surface area (Å²) < 4.78 is 4.53. The number of aromatic nitrogens is 2. The third-order valence-electron chi connectivity index (χ3n) is 5.13. The van der Waals surface area contributed by atoms with Crippen molar-refractivity contribution >= 4 is 11.2 Å². The fraction of sp³-hybridized carbons (Fsp3) is 0.208. The van der Waals surface area contributed by atoms with Crippen LogP contribution in [-0.4, -0.2) is 18.5 Å². The van der Waals surface area contributed by atoms with Crippen molar-refractivity contribution in [2.45, 2.75) is 20.8 Å². The van der Waals surface area contributed by atoms with E-state index in [-0.39, 0.29) is 0 Å². The zero-order valence-corrected chi connectivity index (χ0v) is 16.7. The molecule has 0 fully saturated rings. The zero-order chi connectivity index (χ0) is 19.1. The van der Waals surface area contributed by atoms with E-state index in [1.165, 1.54) is 44.8 Å². The summed E-state index contributed by atoms with van der Waals surface area (Å²) in [7, 11) is 4.18. The summed E-state index contributed by atoms with van der Waals surface area (Å²) in [6.07, 6.45) is 4.41. The number of imidazole rings is 1. The standard InChI is InChI=1S/C24H26N3/c1-17-13-18(2)24(19(3)14-17)26-15-20-9-8-12-23(27(20)16-26)21-10-6-7-11-22(21)25(4)5/h6-16H,1-5H3/q+1. The van der Waals surface area contributed by atoms with E-state index in [9.17, 15) is 0 Å². The quantitative estimate of drug-likeness (QED) is 0.477. The van der Waals surface area contributed by atoms with E-state index in [4.69, 9.17) is 0 Å². The summed E-state index contributed by atoms with van der Waals surface area (Å²) in [6.45, 7) is 6.53. The van der Waals surface area contributed by atoms with Gasteiger partial charge in [-0.1, -0.05) is 35.9 Å². The summed E-state index contributed by atoms with van der Waals surface area (Å²) in [5.41, 5.74) is 9.97. The Hall–Kier alpha value is -3.07. The first-order chi connectivity index (χ1) is 13.0. The van der Waals surface area contributed by atoms with Crippen molar-refractivity contribution in [1.29, 1.82) is 0 Å². The van der Waals surface area contributed by atoms with Gasteiger partial charge in [0, 0.05) is 25.3 Å². The molecule has 0 bridgehead atoms. The molecule has 0 saturated carbocycles. The smallest absolute Gasteiger partial charge is 0.254 e. The van der Waals surface area contributed by atoms with Gasteiger partial charge in [-0.25, -0.2) is 4.57 Å². The van der Waals surface area contributed by atoms with Gasteiger partial charge in [0.25, 0.3) is 6.33 Å². The van der Waals surface area contributed by atoms with E-state index < -0.39 is 0 Å². The van der Waals surface area contributed by atoms with Gasteiger partial charge in [0.1, 0.15) is 17.6 Å². The van der Waals surface area contributed by atoms with Crippen molar-refractivity contribution in [3.05, 3.63) is 83.8 Å². The molecule has 0 aliphatic heterocycles. The highest BCUT2D eigenvalue weighted by Gasteiger charge is 2.18. The molecule has 0 atom stereocenters. The molecule has 2 aromatic heterocycles. The molecule has 4 rings (SSSR count). The fourth-order valence-corrected chi connectivity index (χ4v) is 4.07. The Morgan fingerprint density at radius 2 is 1.56 bits per heavy atom. The summed E-state index contributed by atoms with van der Waals surface area (Å²) in [5.74, 6) is 0. The molecular formula is C24H26N3+. The van der Waals surface area contributed by atoms with Gasteiger partial charge in [-0.15, -0.1) is 0 Å². The van der Waals surface area contributed by atoms with Crippen molar-refractivity contribution < 1.29 is 4.57 Å². The lowest BCUT2D eigenvalue weighted by Gasteiger charge is -2.16. The molecule has 2 heterocycles. The molecule has 0 N–H and O–H groups in total. The van der Waals surface area contributed by atoms with Gasteiger partial charge in [0.2, 0.25) is 0 Å². The average Bonchev–Trinajstić information content (AvgIpc) is 3.04. The largest absolute Gasteiger partial charge is 0.377 e. The van der Waals surface area contributed by atoms with E-state index in [1.807, 2.05) is 0 Å². The second-order valence-corrected chi connectivity index (χ2v) is 7.52. The summed E-state index contributed by atoms with van der Waals surface area (Å²) in [5, 5.41) is 0. The number of anilines is 1. The van der Waals surface area contributed by atoms with Crippen LogP contribution < -0.4 is 9.47 Å². The molecule has 4 aromatic rings. The third kappa shape index (κ3) is 2.99. The number of hydrogen-bond acceptors (Lipinski definition) is 1. The molecule has 0 amide bonds. The van der Waals surface area contributed by atoms with Crippen LogP contribution in [0.2, 0.25) is 0 Å². The summed E-state index contributed by atoms with van der Waals surface area (Å²) >= 11 is 0. The lowest BCUT2D eigenvalue weighted by molar-refractivity contribution is -0.594. The summed E-state index contributed by atoms with van der Waals surface area (Å²) in [4.78, 5) is 2.17. The molecule has 27 heavy (non-hydrogen) atoms. The van der Waals surface area contributed by atoms with E-state index in [0.717, 1.165) is 0 Å². The number of benzene rings is 2. The van der Waals surface area contributed by atoms with Crippen molar-refractivity contribution in [1.82, 2.24) is 4.40 Å². The van der Waals surface area contributed by atoms with Gasteiger partial charge in [0.05, 0.1) is 0 Å². The van der Waals surface area contributed by atoms with Crippen LogP contribution >= 0.6 is 0 Å². The van der Waals surface area contributed by atoms with Gasteiger partial charge in [0.15, 0.2) is 5.52 Å². The second kappa shape index (κ2) is 6.58. The van der Waals surface area contributed by atoms with Crippen LogP contribution in [0, 0.1) is 20.8 Å². The Bertz CT molecular complexity index is 1110. The van der Waals surface area contributed by atoms with Gasteiger partial charge in [-0.05, 0) is 56.2 Å². The van der Waals surface area contributed by atoms with E-state index in [2.05, 4.69) is 116 Å². The maximum absolute atomic E-state index is 2.28. The maximum atomic E-state index is 2.28. The Kier molecular flexibility index (Phi) is 4.23. The highest BCUT2D eigenvalue weighted by atomic mass is 15.1. The third-order valence-corrected chi connectivity index (χ3v) is 5.13. The van der Waals surface area contributed by atoms with Crippen molar-refractivity contribution in [2.75, 3.05) is 19.0 Å². The molecule has 0 saturated heterocycles. The van der Waals surface area contributed by atoms with Crippen molar-refractivity contribution in [3.63, 3.8) is 0 Å². The molecule has 0 spiro atoms. The number of rotatable bonds is 3. The molecule has 3 heteroatoms. The van der Waals surface area contributed by atoms with Crippen molar-refractivity contribution in [3.8, 4) is 16.9 Å². The first-order valence-corrected chi connectivity index (χ1v) is 9.33. The number of fused-ring (bicyclic) bond motifs is 1. The Balaban J connectivity index is 1.95. The van der Waals surface area contributed by atoms with E-state index in [1.54, 1.807) is 0 Å². The summed E-state index contributed by atoms with van der Waals surface area (Å²) in [6, 6.07) is 19.5. The lowest BCUT2D eigenvalue weighted by atomic mass is 10.1. The molecule has 3 nitrogen and oxygen atoms in total.